The predicted octanol–water partition coefficient (Wildman–Crippen LogP) is 10.1. The topological polar surface area (TPSA) is 192 Å². The van der Waals surface area contributed by atoms with Gasteiger partial charge < -0.3 is 35.2 Å². The largest absolute Gasteiger partial charge is 0.397 e. The summed E-state index contributed by atoms with van der Waals surface area (Å²) in [6.45, 7) is 3.43. The summed E-state index contributed by atoms with van der Waals surface area (Å²) in [7, 11) is -5.08. The summed E-state index contributed by atoms with van der Waals surface area (Å²) in [6, 6.07) is -0.858. The molecule has 1 aliphatic heterocycles. The number of unbranched alkanes of at least 4 members (excludes halogenated alkanes) is 27. The molecule has 1 aliphatic rings. The van der Waals surface area contributed by atoms with Gasteiger partial charge in [-0.25, -0.2) is 4.18 Å². The van der Waals surface area contributed by atoms with Gasteiger partial charge in [0.1, 0.15) is 24.4 Å². The maximum Gasteiger partial charge on any atom is 0.397 e. The number of rotatable bonds is 42. The average Bonchev–Trinajstić information content (AvgIpc) is 3.23. The SMILES string of the molecule is CCCCC/C=C\C=C/CCCCCCCCCCCCC(=O)NC(COC1OC(CO)C(O)C(OS(=O)(=O)O)C1O)C(O)CCCCCCCCCCCCCCCCC. The number of hydrogen-bond donors (Lipinski definition) is 6. The molecule has 7 atom stereocenters. The maximum atomic E-state index is 13.1. The third-order valence-corrected chi connectivity index (χ3v) is 12.3. The molecule has 1 fully saturated rings. The fourth-order valence-corrected chi connectivity index (χ4v) is 8.43. The minimum Gasteiger partial charge on any atom is -0.394 e. The Morgan fingerprint density at radius 2 is 1.08 bits per heavy atom. The summed E-state index contributed by atoms with van der Waals surface area (Å²) in [5.41, 5.74) is 0. The number of allylic oxidation sites excluding steroid dienone is 4. The molecule has 7 unspecified atom stereocenters. The van der Waals surface area contributed by atoms with Crippen molar-refractivity contribution in [1.82, 2.24) is 5.32 Å². The average molecular weight is 890 g/mol. The van der Waals surface area contributed by atoms with Crippen molar-refractivity contribution in [2.24, 2.45) is 0 Å². The van der Waals surface area contributed by atoms with Crippen LogP contribution < -0.4 is 5.32 Å². The van der Waals surface area contributed by atoms with Gasteiger partial charge in [0.05, 0.1) is 25.4 Å². The minimum atomic E-state index is -5.08. The van der Waals surface area contributed by atoms with Crippen LogP contribution in [0.5, 0.6) is 0 Å². The highest BCUT2D eigenvalue weighted by atomic mass is 32.3. The Morgan fingerprint density at radius 1 is 0.656 bits per heavy atom. The van der Waals surface area contributed by atoms with Crippen LogP contribution in [0.3, 0.4) is 0 Å². The lowest BCUT2D eigenvalue weighted by Gasteiger charge is -2.41. The zero-order valence-corrected chi connectivity index (χ0v) is 39.3. The van der Waals surface area contributed by atoms with E-state index in [0.29, 0.717) is 12.8 Å². The lowest BCUT2D eigenvalue weighted by atomic mass is 9.99. The summed E-state index contributed by atoms with van der Waals surface area (Å²) in [4.78, 5) is 13.1. The van der Waals surface area contributed by atoms with Crippen molar-refractivity contribution in [3.05, 3.63) is 24.3 Å². The van der Waals surface area contributed by atoms with Gasteiger partial charge in [0.15, 0.2) is 6.29 Å². The lowest BCUT2D eigenvalue weighted by Crippen LogP contribution is -2.61. The van der Waals surface area contributed by atoms with E-state index in [2.05, 4.69) is 47.7 Å². The molecule has 61 heavy (non-hydrogen) atoms. The molecule has 12 nitrogen and oxygen atoms in total. The highest BCUT2D eigenvalue weighted by Gasteiger charge is 2.48. The van der Waals surface area contributed by atoms with Gasteiger partial charge in [0.2, 0.25) is 5.91 Å². The highest BCUT2D eigenvalue weighted by Crippen LogP contribution is 2.26. The minimum absolute atomic E-state index is 0.233. The molecule has 1 heterocycles. The van der Waals surface area contributed by atoms with E-state index in [9.17, 15) is 38.2 Å². The second-order valence-corrected chi connectivity index (χ2v) is 18.5. The first-order valence-corrected chi connectivity index (χ1v) is 26.1. The maximum absolute atomic E-state index is 13.1. The summed E-state index contributed by atoms with van der Waals surface area (Å²) in [5.74, 6) is -0.233. The van der Waals surface area contributed by atoms with Crippen molar-refractivity contribution in [1.29, 1.82) is 0 Å². The van der Waals surface area contributed by atoms with Gasteiger partial charge in [-0.1, -0.05) is 199 Å². The summed E-state index contributed by atoms with van der Waals surface area (Å²) in [5, 5.41) is 44.9. The number of nitrogens with one attached hydrogen (secondary N) is 1. The van der Waals surface area contributed by atoms with Gasteiger partial charge in [-0.15, -0.1) is 0 Å². The number of amides is 1. The van der Waals surface area contributed by atoms with Crippen LogP contribution in [0.4, 0.5) is 0 Å². The fourth-order valence-electron chi connectivity index (χ4n) is 7.92. The smallest absolute Gasteiger partial charge is 0.394 e. The van der Waals surface area contributed by atoms with E-state index >= 15 is 0 Å². The van der Waals surface area contributed by atoms with Crippen LogP contribution in [-0.2, 0) is 28.9 Å². The molecule has 13 heteroatoms. The van der Waals surface area contributed by atoms with E-state index in [4.69, 9.17) is 9.47 Å². The zero-order chi connectivity index (χ0) is 44.8. The molecule has 0 aromatic heterocycles. The summed E-state index contributed by atoms with van der Waals surface area (Å²) in [6.07, 6.45) is 36.0. The van der Waals surface area contributed by atoms with E-state index in [1.54, 1.807) is 0 Å². The van der Waals surface area contributed by atoms with Crippen molar-refractivity contribution < 1.29 is 51.8 Å². The van der Waals surface area contributed by atoms with Crippen molar-refractivity contribution in [2.75, 3.05) is 13.2 Å². The number of ether oxygens (including phenoxy) is 2. The first-order chi connectivity index (χ1) is 29.5. The Kier molecular flexibility index (Phi) is 36.8. The first kappa shape index (κ1) is 57.6. The van der Waals surface area contributed by atoms with Crippen LogP contribution in [0.1, 0.15) is 219 Å². The van der Waals surface area contributed by atoms with Gasteiger partial charge in [0, 0.05) is 6.42 Å². The Bertz CT molecular complexity index is 1190. The van der Waals surface area contributed by atoms with Crippen LogP contribution in [0.25, 0.3) is 0 Å². The Balaban J connectivity index is 2.45. The zero-order valence-electron chi connectivity index (χ0n) is 38.5. The monoisotopic (exact) mass is 890 g/mol. The molecular formula is C48H91NO11S. The van der Waals surface area contributed by atoms with Gasteiger partial charge in [-0.2, -0.15) is 8.42 Å². The standard InChI is InChI=1S/C48H91NO11S/c1-3-5-7-9-11-13-15-17-19-20-21-22-24-26-28-30-32-34-36-38-44(52)49-41(40-58-48-46(54)47(60-61(55,56)57)45(53)43(39-50)59-48)42(51)37-35-33-31-29-27-25-23-18-16-14-12-10-8-6-4-2/h11,13,15,17,41-43,45-48,50-51,53-54H,3-10,12,14,16,18-40H2,1-2H3,(H,49,52)(H,55,56,57)/b13-11-,17-15-. The molecule has 1 saturated heterocycles. The number of aliphatic hydroxyl groups excluding tert-OH is 4. The molecule has 1 amide bonds. The highest BCUT2D eigenvalue weighted by molar-refractivity contribution is 7.80. The number of carbonyl (C=O) groups excluding carboxylic acids is 1. The number of hydrogen-bond acceptors (Lipinski definition) is 10. The van der Waals surface area contributed by atoms with Crippen LogP contribution in [0, 0.1) is 0 Å². The quantitative estimate of drug-likeness (QED) is 0.0194. The van der Waals surface area contributed by atoms with E-state index in [1.807, 2.05) is 0 Å². The molecule has 0 radical (unpaired) electrons. The van der Waals surface area contributed by atoms with Crippen molar-refractivity contribution in [3.8, 4) is 0 Å². The van der Waals surface area contributed by atoms with E-state index in [-0.39, 0.29) is 18.9 Å². The van der Waals surface area contributed by atoms with Crippen LogP contribution in [0.2, 0.25) is 0 Å². The molecule has 360 valence electrons. The second kappa shape index (κ2) is 39.0. The van der Waals surface area contributed by atoms with Crippen LogP contribution >= 0.6 is 0 Å². The second-order valence-electron chi connectivity index (χ2n) is 17.4. The summed E-state index contributed by atoms with van der Waals surface area (Å²) >= 11 is 0. The van der Waals surface area contributed by atoms with Gasteiger partial charge in [-0.3, -0.25) is 9.35 Å². The molecule has 0 bridgehead atoms. The molecule has 0 aliphatic carbocycles. The third-order valence-electron chi connectivity index (χ3n) is 11.8. The van der Waals surface area contributed by atoms with E-state index < -0.39 is 59.9 Å². The van der Waals surface area contributed by atoms with E-state index in [0.717, 1.165) is 51.4 Å². The molecule has 6 N–H and O–H groups in total. The van der Waals surface area contributed by atoms with Gasteiger partial charge >= 0.3 is 10.4 Å². The van der Waals surface area contributed by atoms with Crippen molar-refractivity contribution >= 4 is 16.3 Å². The van der Waals surface area contributed by atoms with Gasteiger partial charge in [0.25, 0.3) is 0 Å². The van der Waals surface area contributed by atoms with Crippen molar-refractivity contribution in [3.63, 3.8) is 0 Å². The Hall–Kier alpha value is -1.42. The predicted molar refractivity (Wildman–Crippen MR) is 245 cm³/mol. The molecule has 0 spiro atoms. The molecule has 0 aromatic carbocycles. The molecule has 0 aromatic rings. The third kappa shape index (κ3) is 32.0. The normalized spacial score (nSPS) is 20.8. The van der Waals surface area contributed by atoms with Gasteiger partial charge in [-0.05, 0) is 38.5 Å². The number of carbonyl (C=O) groups is 1. The van der Waals surface area contributed by atoms with Crippen LogP contribution in [-0.4, -0.2) is 95.4 Å². The number of aliphatic hydroxyl groups is 4. The molecule has 1 rings (SSSR count). The lowest BCUT2D eigenvalue weighted by molar-refractivity contribution is -0.298. The molecule has 0 saturated carbocycles. The fraction of sp³-hybridized carbons (Fsp3) is 0.896. The Morgan fingerprint density at radius 3 is 1.56 bits per heavy atom. The van der Waals surface area contributed by atoms with E-state index in [1.165, 1.54) is 135 Å². The molecular weight excluding hydrogens is 799 g/mol. The van der Waals surface area contributed by atoms with Crippen molar-refractivity contribution in [2.45, 2.75) is 262 Å². The Labute approximate surface area is 372 Å². The van der Waals surface area contributed by atoms with Crippen LogP contribution in [0.15, 0.2) is 24.3 Å². The summed E-state index contributed by atoms with van der Waals surface area (Å²) < 4.78 is 47.7. The first-order valence-electron chi connectivity index (χ1n) is 24.7.